The number of fused-ring (bicyclic) bond motifs is 3. The molecule has 0 aliphatic heterocycles. The summed E-state index contributed by atoms with van der Waals surface area (Å²) in [6, 6.07) is 96.7. The monoisotopic (exact) mass is 1050 g/mol. The second-order valence-electron chi connectivity index (χ2n) is 22.8. The highest BCUT2D eigenvalue weighted by Gasteiger charge is 2.35. The van der Waals surface area contributed by atoms with E-state index >= 15 is 0 Å². The van der Waals surface area contributed by atoms with Crippen LogP contribution in [0.4, 0.5) is 0 Å². The molecule has 0 atom stereocenters. The summed E-state index contributed by atoms with van der Waals surface area (Å²) in [6.45, 7) is 4.71. The molecule has 16 rings (SSSR count). The lowest BCUT2D eigenvalue weighted by atomic mass is 9.79. The number of hydrogen-bond donors (Lipinski definition) is 0. The standard InChI is InChI=1S/C80H47N3/c1-80(2)74-11-7-6-10-60(74)61-32-30-57(40-75(61)80)72-42-71(50-8-4-3-5-9-50)73-43-70(66-35-34-59(52-20-14-48(45-82)15-21-52)63-37-39-67(72)79(73)78(63)66)55-26-24-54(25-27-55)69-41-68(53-22-16-49(46-83)17-23-53)64-33-29-56-28-31-58(51-18-12-47(44-81)13-19-51)62-36-38-65(69)77(64)76(56)62/h3-43H,1-2H3. The van der Waals surface area contributed by atoms with Gasteiger partial charge >= 0.3 is 0 Å². The quantitative estimate of drug-likeness (QED) is 0.149. The minimum absolute atomic E-state index is 0.153. The summed E-state index contributed by atoms with van der Waals surface area (Å²) in [6.07, 6.45) is 0. The molecular weight excluding hydrogens is 1000 g/mol. The Kier molecular flexibility index (Phi) is 10.5. The van der Waals surface area contributed by atoms with Gasteiger partial charge in [-0.2, -0.15) is 15.8 Å². The van der Waals surface area contributed by atoms with Crippen molar-refractivity contribution in [3.63, 3.8) is 0 Å². The van der Waals surface area contributed by atoms with Crippen molar-refractivity contribution in [1.82, 2.24) is 0 Å². The van der Waals surface area contributed by atoms with Gasteiger partial charge in [-0.05, 0) is 225 Å². The molecule has 1 aliphatic carbocycles. The number of nitrogens with zero attached hydrogens (tertiary/aromatic N) is 3. The number of rotatable bonds is 7. The summed E-state index contributed by atoms with van der Waals surface area (Å²) >= 11 is 0. The van der Waals surface area contributed by atoms with E-state index in [9.17, 15) is 15.8 Å². The lowest BCUT2D eigenvalue weighted by molar-refractivity contribution is 0.660. The van der Waals surface area contributed by atoms with Crippen LogP contribution in [0, 0.1) is 34.0 Å². The second-order valence-corrected chi connectivity index (χ2v) is 22.8. The van der Waals surface area contributed by atoms with Gasteiger partial charge in [0.15, 0.2) is 0 Å². The molecule has 0 radical (unpaired) electrons. The molecule has 3 nitrogen and oxygen atoms in total. The molecule has 3 heteroatoms. The van der Waals surface area contributed by atoms with Gasteiger partial charge in [-0.3, -0.25) is 0 Å². The zero-order valence-electron chi connectivity index (χ0n) is 45.5. The van der Waals surface area contributed by atoms with Crippen LogP contribution >= 0.6 is 0 Å². The second kappa shape index (κ2) is 18.2. The van der Waals surface area contributed by atoms with Crippen molar-refractivity contribution < 1.29 is 0 Å². The molecule has 0 heterocycles. The Hall–Kier alpha value is -11.2. The van der Waals surface area contributed by atoms with Crippen molar-refractivity contribution >= 4 is 64.6 Å². The fourth-order valence-corrected chi connectivity index (χ4v) is 14.1. The van der Waals surface area contributed by atoms with Gasteiger partial charge in [-0.15, -0.1) is 0 Å². The first-order valence-corrected chi connectivity index (χ1v) is 28.2. The molecule has 0 N–H and O–H groups in total. The molecule has 0 unspecified atom stereocenters. The predicted octanol–water partition coefficient (Wildman–Crippen LogP) is 21.1. The maximum absolute atomic E-state index is 9.82. The third-order valence-electron chi connectivity index (χ3n) is 18.1. The van der Waals surface area contributed by atoms with E-state index in [0.717, 1.165) is 88.1 Å². The van der Waals surface area contributed by atoms with Crippen LogP contribution in [0.2, 0.25) is 0 Å². The summed E-state index contributed by atoms with van der Waals surface area (Å²) in [5.74, 6) is 0. The summed E-state index contributed by atoms with van der Waals surface area (Å²) in [7, 11) is 0. The Morgan fingerprint density at radius 2 is 0.578 bits per heavy atom. The Morgan fingerprint density at radius 3 is 1.13 bits per heavy atom. The first kappa shape index (κ1) is 47.8. The van der Waals surface area contributed by atoms with Gasteiger partial charge < -0.3 is 0 Å². The predicted molar refractivity (Wildman–Crippen MR) is 344 cm³/mol. The van der Waals surface area contributed by atoms with Crippen LogP contribution in [0.1, 0.15) is 41.7 Å². The van der Waals surface area contributed by atoms with Crippen LogP contribution in [0.25, 0.3) is 154 Å². The van der Waals surface area contributed by atoms with Gasteiger partial charge in [-0.25, -0.2) is 0 Å². The molecule has 15 aromatic carbocycles. The summed E-state index contributed by atoms with van der Waals surface area (Å²) in [5.41, 5.74) is 22.8. The largest absolute Gasteiger partial charge is 0.192 e. The molecule has 0 saturated heterocycles. The van der Waals surface area contributed by atoms with Crippen LogP contribution in [0.15, 0.2) is 249 Å². The normalized spacial score (nSPS) is 12.5. The molecule has 382 valence electrons. The molecule has 83 heavy (non-hydrogen) atoms. The smallest absolute Gasteiger partial charge is 0.0991 e. The highest BCUT2D eigenvalue weighted by atomic mass is 14.4. The van der Waals surface area contributed by atoms with Gasteiger partial charge in [0.1, 0.15) is 0 Å². The molecule has 1 aliphatic rings. The van der Waals surface area contributed by atoms with E-state index in [-0.39, 0.29) is 5.41 Å². The van der Waals surface area contributed by atoms with Crippen LogP contribution in [0.5, 0.6) is 0 Å². The topological polar surface area (TPSA) is 71.4 Å². The van der Waals surface area contributed by atoms with Crippen LogP contribution in [-0.2, 0) is 5.41 Å². The average molecular weight is 1050 g/mol. The van der Waals surface area contributed by atoms with Gasteiger partial charge in [0.05, 0.1) is 34.9 Å². The fourth-order valence-electron chi connectivity index (χ4n) is 14.1. The van der Waals surface area contributed by atoms with E-state index in [4.69, 9.17) is 0 Å². The molecular formula is C80H47N3. The van der Waals surface area contributed by atoms with E-state index in [1.165, 1.54) is 76.6 Å². The fraction of sp³-hybridized carbons (Fsp3) is 0.0375. The van der Waals surface area contributed by atoms with Gasteiger partial charge in [0, 0.05) is 5.41 Å². The molecule has 0 aromatic heterocycles. The zero-order chi connectivity index (χ0) is 55.7. The SMILES string of the molecule is CC1(C)c2ccccc2-c2ccc(-c3cc(-c4ccccc4)c4cc(-c5ccc(-c6cc(-c7ccc(C#N)cc7)c7ccc8ccc(-c9ccc(C#N)cc9)c9ccc6c7c89)cc5)c5ccc(-c6ccc(C#N)cc6)c6ccc3c4c65)cc21. The molecule has 15 aromatic rings. The maximum Gasteiger partial charge on any atom is 0.0991 e. The molecule has 0 spiro atoms. The lowest BCUT2D eigenvalue weighted by Gasteiger charge is -2.24. The van der Waals surface area contributed by atoms with E-state index in [1.54, 1.807) is 0 Å². The number of nitriles is 3. The summed E-state index contributed by atoms with van der Waals surface area (Å²) in [4.78, 5) is 0. The minimum Gasteiger partial charge on any atom is -0.192 e. The van der Waals surface area contributed by atoms with Crippen LogP contribution < -0.4 is 0 Å². The van der Waals surface area contributed by atoms with Crippen molar-refractivity contribution in [2.75, 3.05) is 0 Å². The summed E-state index contributed by atoms with van der Waals surface area (Å²) in [5, 5.41) is 43.5. The van der Waals surface area contributed by atoms with Crippen molar-refractivity contribution in [3.8, 4) is 107 Å². The van der Waals surface area contributed by atoms with Crippen LogP contribution in [-0.4, -0.2) is 0 Å². The van der Waals surface area contributed by atoms with E-state index < -0.39 is 0 Å². The van der Waals surface area contributed by atoms with Crippen LogP contribution in [0.3, 0.4) is 0 Å². The van der Waals surface area contributed by atoms with E-state index in [2.05, 4.69) is 232 Å². The Morgan fingerprint density at radius 1 is 0.241 bits per heavy atom. The first-order valence-electron chi connectivity index (χ1n) is 28.2. The average Bonchev–Trinajstić information content (AvgIpc) is 2.12. The molecule has 0 fully saturated rings. The van der Waals surface area contributed by atoms with Crippen molar-refractivity contribution in [2.45, 2.75) is 19.3 Å². The van der Waals surface area contributed by atoms with Crippen molar-refractivity contribution in [3.05, 3.63) is 277 Å². The highest BCUT2D eigenvalue weighted by molar-refractivity contribution is 6.33. The Bertz CT molecular complexity index is 5320. The maximum atomic E-state index is 9.82. The van der Waals surface area contributed by atoms with Gasteiger partial charge in [-0.1, -0.05) is 202 Å². The molecule has 0 bridgehead atoms. The first-order chi connectivity index (χ1) is 40.8. The van der Waals surface area contributed by atoms with Gasteiger partial charge in [0.25, 0.3) is 0 Å². The highest BCUT2D eigenvalue weighted by Crippen LogP contribution is 2.53. The summed E-state index contributed by atoms with van der Waals surface area (Å²) < 4.78 is 0. The molecule has 0 amide bonds. The zero-order valence-corrected chi connectivity index (χ0v) is 45.5. The Labute approximate surface area is 480 Å². The van der Waals surface area contributed by atoms with E-state index in [1.807, 2.05) is 48.5 Å². The van der Waals surface area contributed by atoms with Crippen molar-refractivity contribution in [1.29, 1.82) is 15.8 Å². The minimum atomic E-state index is -0.153. The third kappa shape index (κ3) is 7.21. The Balaban J connectivity index is 0.925. The molecule has 0 saturated carbocycles. The lowest BCUT2D eigenvalue weighted by Crippen LogP contribution is -2.14. The van der Waals surface area contributed by atoms with Gasteiger partial charge in [0.2, 0.25) is 0 Å². The third-order valence-corrected chi connectivity index (χ3v) is 18.1. The number of hydrogen-bond acceptors (Lipinski definition) is 3. The number of benzene rings is 15. The van der Waals surface area contributed by atoms with Crippen molar-refractivity contribution in [2.24, 2.45) is 0 Å². The van der Waals surface area contributed by atoms with E-state index in [0.29, 0.717) is 16.7 Å².